The molecule has 0 saturated heterocycles. The Morgan fingerprint density at radius 3 is 2.08 bits per heavy atom. The molecule has 0 radical (unpaired) electrons. The molecule has 5 heteroatoms. The summed E-state index contributed by atoms with van der Waals surface area (Å²) in [4.78, 5) is 7.01. The number of fused-ring (bicyclic) bond motifs is 1. The lowest BCUT2D eigenvalue weighted by Crippen LogP contribution is -2.17. The van der Waals surface area contributed by atoms with E-state index in [2.05, 4.69) is 144 Å². The van der Waals surface area contributed by atoms with Gasteiger partial charge in [-0.2, -0.15) is 5.10 Å². The molecule has 1 N–H and O–H groups in total. The Balaban J connectivity index is 1.43. The standard InChI is InChI=1S/C44H42N4O/c1-43(2,3)31-27-36(42(49)37(28-31)44(4,5)6)41-35-22-11-13-24-39(35)48(46-41)33-20-16-19-32(29-33)47(40-25-14-15-26-45-40)38-23-12-10-21-34(38)30-17-8-7-9-18-30/h7-29,49H,1-6H3. The number of aromatic hydroxyl groups is 1. The fraction of sp³-hybridized carbons (Fsp3) is 0.182. The Hall–Kier alpha value is -5.68. The van der Waals surface area contributed by atoms with Crippen molar-refractivity contribution in [2.75, 3.05) is 4.90 Å². The van der Waals surface area contributed by atoms with Crippen LogP contribution in [0.5, 0.6) is 5.75 Å². The lowest BCUT2D eigenvalue weighted by atomic mass is 9.78. The largest absolute Gasteiger partial charge is 0.507 e. The molecule has 0 bridgehead atoms. The van der Waals surface area contributed by atoms with Crippen molar-refractivity contribution in [2.24, 2.45) is 0 Å². The van der Waals surface area contributed by atoms with E-state index in [-0.39, 0.29) is 16.6 Å². The number of para-hydroxylation sites is 2. The predicted molar refractivity (Wildman–Crippen MR) is 203 cm³/mol. The van der Waals surface area contributed by atoms with Crippen molar-refractivity contribution in [3.8, 4) is 33.8 Å². The summed E-state index contributed by atoms with van der Waals surface area (Å²) in [7, 11) is 0. The molecule has 5 aromatic carbocycles. The van der Waals surface area contributed by atoms with Crippen molar-refractivity contribution in [2.45, 2.75) is 52.4 Å². The highest BCUT2D eigenvalue weighted by atomic mass is 16.3. The van der Waals surface area contributed by atoms with Crippen LogP contribution >= 0.6 is 0 Å². The van der Waals surface area contributed by atoms with Crippen molar-refractivity contribution in [1.29, 1.82) is 0 Å². The minimum Gasteiger partial charge on any atom is -0.507 e. The first-order valence-electron chi connectivity index (χ1n) is 16.8. The lowest BCUT2D eigenvalue weighted by Gasteiger charge is -2.27. The number of phenolic OH excluding ortho intramolecular Hbond substituents is 1. The van der Waals surface area contributed by atoms with Crippen molar-refractivity contribution in [1.82, 2.24) is 14.8 Å². The molecule has 0 spiro atoms. The van der Waals surface area contributed by atoms with E-state index >= 15 is 0 Å². The molecule has 0 unspecified atom stereocenters. The maximum Gasteiger partial charge on any atom is 0.137 e. The second kappa shape index (κ2) is 12.4. The zero-order chi connectivity index (χ0) is 34.3. The summed E-state index contributed by atoms with van der Waals surface area (Å²) in [6.45, 7) is 13.1. The number of hydrogen-bond acceptors (Lipinski definition) is 4. The van der Waals surface area contributed by atoms with Crippen LogP contribution in [0.25, 0.3) is 39.0 Å². The average Bonchev–Trinajstić information content (AvgIpc) is 3.48. The van der Waals surface area contributed by atoms with Crippen LogP contribution in [-0.2, 0) is 10.8 Å². The van der Waals surface area contributed by atoms with Gasteiger partial charge < -0.3 is 5.11 Å². The number of aromatic nitrogens is 3. The zero-order valence-corrected chi connectivity index (χ0v) is 29.0. The summed E-state index contributed by atoms with van der Waals surface area (Å²) in [6, 6.07) is 45.8. The zero-order valence-electron chi connectivity index (χ0n) is 29.0. The number of rotatable bonds is 6. The number of pyridine rings is 1. The van der Waals surface area contributed by atoms with Gasteiger partial charge in [0.2, 0.25) is 0 Å². The van der Waals surface area contributed by atoms with E-state index in [1.54, 1.807) is 0 Å². The van der Waals surface area contributed by atoms with Crippen LogP contribution < -0.4 is 4.90 Å². The fourth-order valence-electron chi connectivity index (χ4n) is 6.46. The summed E-state index contributed by atoms with van der Waals surface area (Å²) < 4.78 is 1.99. The number of benzene rings is 5. The first kappa shape index (κ1) is 31.9. The van der Waals surface area contributed by atoms with E-state index in [9.17, 15) is 5.11 Å². The van der Waals surface area contributed by atoms with E-state index < -0.39 is 0 Å². The van der Waals surface area contributed by atoms with E-state index in [1.807, 2.05) is 47.3 Å². The van der Waals surface area contributed by atoms with Crippen molar-refractivity contribution < 1.29 is 5.11 Å². The van der Waals surface area contributed by atoms with Gasteiger partial charge in [0.25, 0.3) is 0 Å². The minimum atomic E-state index is -0.252. The molecule has 5 nitrogen and oxygen atoms in total. The normalized spacial score (nSPS) is 12.0. The Labute approximate surface area is 289 Å². The Kier molecular flexibility index (Phi) is 8.07. The molecule has 2 heterocycles. The van der Waals surface area contributed by atoms with Gasteiger partial charge >= 0.3 is 0 Å². The molecule has 7 rings (SSSR count). The third kappa shape index (κ3) is 6.09. The quantitative estimate of drug-likeness (QED) is 0.196. The average molecular weight is 643 g/mol. The second-order valence-corrected chi connectivity index (χ2v) is 14.6. The highest BCUT2D eigenvalue weighted by molar-refractivity contribution is 5.96. The number of phenols is 1. The van der Waals surface area contributed by atoms with Gasteiger partial charge in [-0.15, -0.1) is 0 Å². The number of nitrogens with zero attached hydrogens (tertiary/aromatic N) is 4. The van der Waals surface area contributed by atoms with Gasteiger partial charge in [-0.05, 0) is 70.5 Å². The number of hydrogen-bond donors (Lipinski definition) is 1. The van der Waals surface area contributed by atoms with Gasteiger partial charge in [0.05, 0.1) is 16.9 Å². The second-order valence-electron chi connectivity index (χ2n) is 14.6. The predicted octanol–water partition coefficient (Wildman–Crippen LogP) is 11.5. The summed E-state index contributed by atoms with van der Waals surface area (Å²) in [5, 5.41) is 18.1. The first-order chi connectivity index (χ1) is 23.5. The summed E-state index contributed by atoms with van der Waals surface area (Å²) in [5.74, 6) is 1.09. The molecule has 0 saturated carbocycles. The molecule has 244 valence electrons. The molecule has 0 fully saturated rings. The molecule has 0 atom stereocenters. The number of anilines is 3. The fourth-order valence-corrected chi connectivity index (χ4v) is 6.46. The summed E-state index contributed by atoms with van der Waals surface area (Å²) >= 11 is 0. The van der Waals surface area contributed by atoms with Crippen LogP contribution in [0.15, 0.2) is 140 Å². The Morgan fingerprint density at radius 1 is 0.633 bits per heavy atom. The van der Waals surface area contributed by atoms with E-state index in [4.69, 9.17) is 10.1 Å². The molecular formula is C44H42N4O. The van der Waals surface area contributed by atoms with Crippen LogP contribution in [0, 0.1) is 0 Å². The van der Waals surface area contributed by atoms with E-state index in [1.165, 1.54) is 0 Å². The maximum atomic E-state index is 11.8. The highest BCUT2D eigenvalue weighted by Gasteiger charge is 2.28. The van der Waals surface area contributed by atoms with E-state index in [0.717, 1.165) is 67.3 Å². The molecule has 0 amide bonds. The molecule has 0 aliphatic carbocycles. The summed E-state index contributed by atoms with van der Waals surface area (Å²) in [5.41, 5.74) is 9.29. The topological polar surface area (TPSA) is 54.2 Å². The molecule has 0 aliphatic rings. The van der Waals surface area contributed by atoms with Gasteiger partial charge in [-0.25, -0.2) is 9.67 Å². The van der Waals surface area contributed by atoms with E-state index in [0.29, 0.717) is 0 Å². The van der Waals surface area contributed by atoms with Gasteiger partial charge in [-0.3, -0.25) is 4.90 Å². The monoisotopic (exact) mass is 642 g/mol. The van der Waals surface area contributed by atoms with Gasteiger partial charge in [0.15, 0.2) is 0 Å². The molecule has 7 aromatic rings. The first-order valence-corrected chi connectivity index (χ1v) is 16.8. The van der Waals surface area contributed by atoms with Crippen molar-refractivity contribution >= 4 is 28.1 Å². The lowest BCUT2D eigenvalue weighted by molar-refractivity contribution is 0.446. The van der Waals surface area contributed by atoms with Gasteiger partial charge in [0.1, 0.15) is 17.3 Å². The maximum absolute atomic E-state index is 11.8. The van der Waals surface area contributed by atoms with Gasteiger partial charge in [-0.1, -0.05) is 126 Å². The van der Waals surface area contributed by atoms with Crippen LogP contribution in [-0.4, -0.2) is 19.9 Å². The Bertz CT molecular complexity index is 2260. The van der Waals surface area contributed by atoms with Crippen molar-refractivity contribution in [3.05, 3.63) is 151 Å². The SMILES string of the molecule is CC(C)(C)c1cc(-c2nn(-c3cccc(N(c4ccccn4)c4ccccc4-c4ccccc4)c3)c3ccccc23)c(O)c(C(C)(C)C)c1. The highest BCUT2D eigenvalue weighted by Crippen LogP contribution is 2.45. The van der Waals surface area contributed by atoms with Crippen LogP contribution in [0.3, 0.4) is 0 Å². The van der Waals surface area contributed by atoms with Crippen LogP contribution in [0.4, 0.5) is 17.2 Å². The molecule has 2 aromatic heterocycles. The van der Waals surface area contributed by atoms with Crippen LogP contribution in [0.1, 0.15) is 52.7 Å². The van der Waals surface area contributed by atoms with Crippen molar-refractivity contribution in [3.63, 3.8) is 0 Å². The molecular weight excluding hydrogens is 601 g/mol. The summed E-state index contributed by atoms with van der Waals surface area (Å²) in [6.07, 6.45) is 1.83. The third-order valence-electron chi connectivity index (χ3n) is 9.07. The molecule has 49 heavy (non-hydrogen) atoms. The third-order valence-corrected chi connectivity index (χ3v) is 9.07. The Morgan fingerprint density at radius 2 is 1.35 bits per heavy atom. The van der Waals surface area contributed by atoms with Gasteiger partial charge in [0, 0.05) is 34.0 Å². The molecule has 0 aliphatic heterocycles. The van der Waals surface area contributed by atoms with Crippen LogP contribution in [0.2, 0.25) is 0 Å². The smallest absolute Gasteiger partial charge is 0.137 e. The minimum absolute atomic E-state index is 0.111.